The molecule has 2 unspecified atom stereocenters. The first-order chi connectivity index (χ1) is 18.6. The third-order valence-electron chi connectivity index (χ3n) is 8.42. The van der Waals surface area contributed by atoms with Gasteiger partial charge in [0.1, 0.15) is 0 Å². The number of carbonyl (C=O) groups is 2. The van der Waals surface area contributed by atoms with Gasteiger partial charge < -0.3 is 15.5 Å². The molecular weight excluding hydrogens is 472 g/mol. The first-order valence-corrected chi connectivity index (χ1v) is 13.9. The summed E-state index contributed by atoms with van der Waals surface area (Å²) < 4.78 is 0. The van der Waals surface area contributed by atoms with E-state index in [0.29, 0.717) is 39.0 Å². The van der Waals surface area contributed by atoms with E-state index in [-0.39, 0.29) is 23.7 Å². The highest BCUT2D eigenvalue weighted by Crippen LogP contribution is 2.37. The predicted octanol–water partition coefficient (Wildman–Crippen LogP) is 5.26. The van der Waals surface area contributed by atoms with E-state index in [2.05, 4.69) is 41.0 Å². The van der Waals surface area contributed by atoms with Gasteiger partial charge in [-0.1, -0.05) is 79.6 Å². The normalized spacial score (nSPS) is 20.9. The Morgan fingerprint density at radius 1 is 0.868 bits per heavy atom. The van der Waals surface area contributed by atoms with Gasteiger partial charge in [0, 0.05) is 49.1 Å². The molecule has 1 heterocycles. The molecular formula is C32H36N4O2. The van der Waals surface area contributed by atoms with E-state index < -0.39 is 5.41 Å². The maximum absolute atomic E-state index is 13.6. The van der Waals surface area contributed by atoms with Crippen molar-refractivity contribution in [2.75, 3.05) is 31.5 Å². The van der Waals surface area contributed by atoms with Crippen molar-refractivity contribution in [3.63, 3.8) is 0 Å². The fraction of sp³-hybridized carbons (Fsp3) is 0.406. The molecule has 1 aliphatic heterocycles. The maximum atomic E-state index is 13.6. The van der Waals surface area contributed by atoms with E-state index in [1.54, 1.807) is 0 Å². The van der Waals surface area contributed by atoms with Crippen molar-refractivity contribution in [3.05, 3.63) is 78.4 Å². The second kappa shape index (κ2) is 11.7. The Labute approximate surface area is 225 Å². The van der Waals surface area contributed by atoms with E-state index in [0.717, 1.165) is 42.3 Å². The van der Waals surface area contributed by atoms with Gasteiger partial charge in [0.25, 0.3) is 0 Å². The van der Waals surface area contributed by atoms with Crippen molar-refractivity contribution >= 4 is 28.3 Å². The van der Waals surface area contributed by atoms with Gasteiger partial charge in [-0.25, -0.2) is 0 Å². The van der Waals surface area contributed by atoms with Gasteiger partial charge in [0.15, 0.2) is 0 Å². The number of fused-ring (bicyclic) bond motifs is 1. The molecule has 3 aromatic rings. The first-order valence-electron chi connectivity index (χ1n) is 13.9. The molecule has 0 radical (unpaired) electrons. The molecule has 2 N–H and O–H groups in total. The minimum atomic E-state index is -0.543. The standard InChI is InChI=1S/C32H36N4O2/c33-23-32(25-11-2-1-3-12-25)17-21-36(22-18-32)31(38)28-15-7-6-14-27(28)30(37)35-20-19-34-29-16-8-10-24-9-4-5-13-26(24)29/h1-5,8-13,16,27-28,34H,6-7,14-15,17-22H2,(H,35,37). The zero-order valence-electron chi connectivity index (χ0n) is 21.9. The molecule has 0 spiro atoms. The Bertz CT molecular complexity index is 1300. The summed E-state index contributed by atoms with van der Waals surface area (Å²) in [6.45, 7) is 2.24. The highest BCUT2D eigenvalue weighted by atomic mass is 16.2. The zero-order chi connectivity index (χ0) is 26.4. The third kappa shape index (κ3) is 5.38. The van der Waals surface area contributed by atoms with E-state index in [9.17, 15) is 14.9 Å². The van der Waals surface area contributed by atoms with Crippen molar-refractivity contribution in [1.82, 2.24) is 10.2 Å². The predicted molar refractivity (Wildman–Crippen MR) is 150 cm³/mol. The van der Waals surface area contributed by atoms with Gasteiger partial charge in [0.05, 0.1) is 11.5 Å². The molecule has 3 aromatic carbocycles. The molecule has 0 bridgehead atoms. The number of rotatable bonds is 7. The number of benzene rings is 3. The van der Waals surface area contributed by atoms with Crippen LogP contribution in [0, 0.1) is 23.2 Å². The Kier molecular flexibility index (Phi) is 7.93. The average molecular weight is 509 g/mol. The van der Waals surface area contributed by atoms with E-state index >= 15 is 0 Å². The second-order valence-electron chi connectivity index (χ2n) is 10.6. The number of carbonyl (C=O) groups excluding carboxylic acids is 2. The van der Waals surface area contributed by atoms with Crippen LogP contribution in [0.15, 0.2) is 72.8 Å². The molecule has 38 heavy (non-hydrogen) atoms. The number of hydrogen-bond acceptors (Lipinski definition) is 4. The Hall–Kier alpha value is -3.85. The molecule has 6 nitrogen and oxygen atoms in total. The van der Waals surface area contributed by atoms with Crippen LogP contribution >= 0.6 is 0 Å². The summed E-state index contributed by atoms with van der Waals surface area (Å²) in [7, 11) is 0. The van der Waals surface area contributed by atoms with Crippen LogP contribution in [-0.4, -0.2) is 42.9 Å². The molecule has 2 aliphatic rings. The quantitative estimate of drug-likeness (QED) is 0.427. The summed E-state index contributed by atoms with van der Waals surface area (Å²) >= 11 is 0. The number of nitriles is 1. The average Bonchev–Trinajstić information content (AvgIpc) is 2.99. The molecule has 196 valence electrons. The van der Waals surface area contributed by atoms with Crippen LogP contribution in [0.25, 0.3) is 10.8 Å². The summed E-state index contributed by atoms with van der Waals surface area (Å²) in [5, 5.41) is 18.9. The number of nitrogens with one attached hydrogen (secondary N) is 2. The van der Waals surface area contributed by atoms with Crippen molar-refractivity contribution < 1.29 is 9.59 Å². The molecule has 2 fully saturated rings. The third-order valence-corrected chi connectivity index (χ3v) is 8.42. The van der Waals surface area contributed by atoms with Crippen LogP contribution in [0.2, 0.25) is 0 Å². The molecule has 2 atom stereocenters. The topological polar surface area (TPSA) is 85.2 Å². The lowest BCUT2D eigenvalue weighted by molar-refractivity contribution is -0.144. The zero-order valence-corrected chi connectivity index (χ0v) is 21.9. The number of amides is 2. The van der Waals surface area contributed by atoms with Crippen LogP contribution in [-0.2, 0) is 15.0 Å². The minimum absolute atomic E-state index is 0.0181. The minimum Gasteiger partial charge on any atom is -0.383 e. The molecule has 1 saturated carbocycles. The Morgan fingerprint density at radius 2 is 1.55 bits per heavy atom. The second-order valence-corrected chi connectivity index (χ2v) is 10.6. The smallest absolute Gasteiger partial charge is 0.226 e. The van der Waals surface area contributed by atoms with Gasteiger partial charge in [-0.05, 0) is 42.7 Å². The molecule has 5 rings (SSSR count). The first kappa shape index (κ1) is 25.8. The van der Waals surface area contributed by atoms with Crippen molar-refractivity contribution in [1.29, 1.82) is 5.26 Å². The molecule has 6 heteroatoms. The van der Waals surface area contributed by atoms with Gasteiger partial charge in [0.2, 0.25) is 11.8 Å². The lowest BCUT2D eigenvalue weighted by Gasteiger charge is -2.40. The summed E-state index contributed by atoms with van der Waals surface area (Å²) in [4.78, 5) is 28.7. The lowest BCUT2D eigenvalue weighted by Crippen LogP contribution is -2.50. The Morgan fingerprint density at radius 3 is 2.32 bits per heavy atom. The number of hydrogen-bond donors (Lipinski definition) is 2. The largest absolute Gasteiger partial charge is 0.383 e. The monoisotopic (exact) mass is 508 g/mol. The summed E-state index contributed by atoms with van der Waals surface area (Å²) in [5.74, 6) is -0.500. The lowest BCUT2D eigenvalue weighted by atomic mass is 9.73. The van der Waals surface area contributed by atoms with E-state index in [1.807, 2.05) is 53.4 Å². The fourth-order valence-electron chi connectivity index (χ4n) is 6.20. The molecule has 0 aromatic heterocycles. The van der Waals surface area contributed by atoms with Crippen molar-refractivity contribution in [2.24, 2.45) is 11.8 Å². The Balaban J connectivity index is 1.16. The van der Waals surface area contributed by atoms with Gasteiger partial charge in [-0.3, -0.25) is 9.59 Å². The van der Waals surface area contributed by atoms with E-state index in [1.165, 1.54) is 5.39 Å². The van der Waals surface area contributed by atoms with Crippen LogP contribution in [0.3, 0.4) is 0 Å². The van der Waals surface area contributed by atoms with Gasteiger partial charge in [-0.2, -0.15) is 5.26 Å². The molecule has 2 amide bonds. The highest BCUT2D eigenvalue weighted by molar-refractivity contribution is 5.93. The van der Waals surface area contributed by atoms with Crippen LogP contribution < -0.4 is 10.6 Å². The van der Waals surface area contributed by atoms with Crippen molar-refractivity contribution in [2.45, 2.75) is 43.9 Å². The number of piperidine rings is 1. The summed E-state index contributed by atoms with van der Waals surface area (Å²) in [5.41, 5.74) is 1.54. The highest BCUT2D eigenvalue weighted by Gasteiger charge is 2.42. The number of anilines is 1. The van der Waals surface area contributed by atoms with Gasteiger partial charge in [-0.15, -0.1) is 0 Å². The van der Waals surface area contributed by atoms with Crippen LogP contribution in [0.5, 0.6) is 0 Å². The number of likely N-dealkylation sites (tertiary alicyclic amines) is 1. The van der Waals surface area contributed by atoms with Gasteiger partial charge >= 0.3 is 0 Å². The van der Waals surface area contributed by atoms with Crippen molar-refractivity contribution in [3.8, 4) is 6.07 Å². The fourth-order valence-corrected chi connectivity index (χ4v) is 6.20. The van der Waals surface area contributed by atoms with E-state index in [4.69, 9.17) is 0 Å². The van der Waals surface area contributed by atoms with Crippen LogP contribution in [0.4, 0.5) is 5.69 Å². The number of nitrogens with zero attached hydrogens (tertiary/aromatic N) is 2. The van der Waals surface area contributed by atoms with Crippen LogP contribution in [0.1, 0.15) is 44.1 Å². The summed E-state index contributed by atoms with van der Waals surface area (Å²) in [6, 6.07) is 26.9. The SMILES string of the molecule is N#CC1(c2ccccc2)CCN(C(=O)C2CCCCC2C(=O)NCCNc2cccc3ccccc23)CC1. The summed E-state index contributed by atoms with van der Waals surface area (Å²) in [6.07, 6.45) is 4.71. The molecule has 1 saturated heterocycles. The molecule has 1 aliphatic carbocycles. The maximum Gasteiger partial charge on any atom is 0.226 e.